The lowest BCUT2D eigenvalue weighted by Crippen LogP contribution is -2.51. The molecule has 1 aromatic rings. The Bertz CT molecular complexity index is 482. The molecule has 2 rings (SSSR count). The molecule has 1 aliphatic rings. The van der Waals surface area contributed by atoms with Crippen molar-refractivity contribution in [3.63, 3.8) is 0 Å². The summed E-state index contributed by atoms with van der Waals surface area (Å²) in [6.45, 7) is 2.58. The Hall–Kier alpha value is -0.840. The maximum Gasteiger partial charge on any atom is 0.254 e. The fourth-order valence-corrected chi connectivity index (χ4v) is 2.67. The van der Waals surface area contributed by atoms with Crippen LogP contribution in [0.1, 0.15) is 36.5 Å². The minimum atomic E-state index is -0.568. The van der Waals surface area contributed by atoms with E-state index in [-0.39, 0.29) is 35.4 Å². The van der Waals surface area contributed by atoms with Crippen LogP contribution >= 0.6 is 24.0 Å². The van der Waals surface area contributed by atoms with E-state index < -0.39 is 5.82 Å². The van der Waals surface area contributed by atoms with E-state index in [0.717, 1.165) is 19.3 Å². The summed E-state index contributed by atoms with van der Waals surface area (Å²) in [7, 11) is 0. The number of likely N-dealkylation sites (tertiary alicyclic amines) is 1. The first kappa shape index (κ1) is 17.2. The van der Waals surface area contributed by atoms with Crippen molar-refractivity contribution >= 4 is 29.9 Å². The van der Waals surface area contributed by atoms with Gasteiger partial charge in [-0.25, -0.2) is 4.39 Å². The average molecular weight is 321 g/mol. The molecule has 1 heterocycles. The second kappa shape index (κ2) is 7.25. The van der Waals surface area contributed by atoms with E-state index in [0.29, 0.717) is 12.1 Å². The highest BCUT2D eigenvalue weighted by molar-refractivity contribution is 6.30. The first-order valence-electron chi connectivity index (χ1n) is 6.52. The van der Waals surface area contributed by atoms with E-state index in [1.807, 2.05) is 6.92 Å². The van der Waals surface area contributed by atoms with Gasteiger partial charge in [0.2, 0.25) is 0 Å². The van der Waals surface area contributed by atoms with E-state index in [1.165, 1.54) is 12.1 Å². The molecule has 0 aliphatic carbocycles. The van der Waals surface area contributed by atoms with Crippen LogP contribution in [0.3, 0.4) is 0 Å². The van der Waals surface area contributed by atoms with Gasteiger partial charge in [0, 0.05) is 24.2 Å². The molecule has 20 heavy (non-hydrogen) atoms. The number of benzene rings is 1. The summed E-state index contributed by atoms with van der Waals surface area (Å²) in [5.41, 5.74) is 6.27. The molecular formula is C14H19Cl2FN2O. The van der Waals surface area contributed by atoms with Gasteiger partial charge in [-0.1, -0.05) is 11.6 Å². The van der Waals surface area contributed by atoms with Crippen LogP contribution < -0.4 is 5.73 Å². The van der Waals surface area contributed by atoms with Gasteiger partial charge in [-0.3, -0.25) is 4.79 Å². The normalized spacial score (nSPS) is 20.2. The monoisotopic (exact) mass is 320 g/mol. The van der Waals surface area contributed by atoms with Crippen molar-refractivity contribution in [2.24, 2.45) is 5.73 Å². The van der Waals surface area contributed by atoms with Crippen molar-refractivity contribution in [1.29, 1.82) is 0 Å². The molecule has 6 heteroatoms. The predicted molar refractivity (Wildman–Crippen MR) is 81.0 cm³/mol. The standard InChI is InChI=1S/C14H18ClFN2O.ClH/c1-9(17)13-4-2-3-7-18(13)14(19)10-5-6-11(15)12(16)8-10;/h5-6,8-9,13H,2-4,7,17H2,1H3;1H. The zero-order valence-electron chi connectivity index (χ0n) is 11.3. The van der Waals surface area contributed by atoms with Crippen molar-refractivity contribution < 1.29 is 9.18 Å². The van der Waals surface area contributed by atoms with Gasteiger partial charge >= 0.3 is 0 Å². The highest BCUT2D eigenvalue weighted by Gasteiger charge is 2.30. The maximum absolute atomic E-state index is 13.4. The first-order valence-corrected chi connectivity index (χ1v) is 6.90. The van der Waals surface area contributed by atoms with E-state index in [2.05, 4.69) is 0 Å². The van der Waals surface area contributed by atoms with E-state index in [4.69, 9.17) is 17.3 Å². The molecule has 112 valence electrons. The van der Waals surface area contributed by atoms with Crippen LogP contribution in [0, 0.1) is 5.82 Å². The number of carbonyl (C=O) groups excluding carboxylic acids is 1. The van der Waals surface area contributed by atoms with Gasteiger partial charge in [0.25, 0.3) is 5.91 Å². The number of halogens is 3. The smallest absolute Gasteiger partial charge is 0.254 e. The van der Waals surface area contributed by atoms with Crippen LogP contribution in [0.4, 0.5) is 4.39 Å². The van der Waals surface area contributed by atoms with Crippen molar-refractivity contribution in [2.45, 2.75) is 38.3 Å². The average Bonchev–Trinajstić information content (AvgIpc) is 2.41. The Kier molecular flexibility index (Phi) is 6.24. The molecule has 2 unspecified atom stereocenters. The van der Waals surface area contributed by atoms with Crippen molar-refractivity contribution in [3.8, 4) is 0 Å². The third-order valence-electron chi connectivity index (χ3n) is 3.58. The molecule has 2 atom stereocenters. The molecule has 3 nitrogen and oxygen atoms in total. The molecule has 1 aliphatic heterocycles. The lowest BCUT2D eigenvalue weighted by atomic mass is 9.96. The summed E-state index contributed by atoms with van der Waals surface area (Å²) in [5, 5.41) is 0.0268. The van der Waals surface area contributed by atoms with Gasteiger partial charge in [-0.15, -0.1) is 12.4 Å². The lowest BCUT2D eigenvalue weighted by Gasteiger charge is -2.38. The van der Waals surface area contributed by atoms with Gasteiger partial charge in [0.15, 0.2) is 0 Å². The van der Waals surface area contributed by atoms with E-state index >= 15 is 0 Å². The fraction of sp³-hybridized carbons (Fsp3) is 0.500. The number of rotatable bonds is 2. The Labute approximate surface area is 129 Å². The van der Waals surface area contributed by atoms with Gasteiger partial charge in [0.05, 0.1) is 5.02 Å². The first-order chi connectivity index (χ1) is 9.00. The van der Waals surface area contributed by atoms with Crippen LogP contribution in [-0.2, 0) is 0 Å². The minimum Gasteiger partial charge on any atom is -0.334 e. The Morgan fingerprint density at radius 2 is 2.20 bits per heavy atom. The van der Waals surface area contributed by atoms with Crippen LogP contribution in [0.5, 0.6) is 0 Å². The lowest BCUT2D eigenvalue weighted by molar-refractivity contribution is 0.0583. The number of hydrogen-bond acceptors (Lipinski definition) is 2. The second-order valence-electron chi connectivity index (χ2n) is 5.05. The summed E-state index contributed by atoms with van der Waals surface area (Å²) in [6, 6.07) is 4.11. The second-order valence-corrected chi connectivity index (χ2v) is 5.46. The Morgan fingerprint density at radius 1 is 1.50 bits per heavy atom. The molecular weight excluding hydrogens is 302 g/mol. The molecule has 0 spiro atoms. The summed E-state index contributed by atoms with van der Waals surface area (Å²) in [4.78, 5) is 14.2. The summed E-state index contributed by atoms with van der Waals surface area (Å²) in [5.74, 6) is -0.737. The molecule has 2 N–H and O–H groups in total. The van der Waals surface area contributed by atoms with Gasteiger partial charge < -0.3 is 10.6 Å². The third-order valence-corrected chi connectivity index (χ3v) is 3.89. The van der Waals surface area contributed by atoms with Gasteiger partial charge in [-0.2, -0.15) is 0 Å². The number of nitrogens with two attached hydrogens (primary N) is 1. The highest BCUT2D eigenvalue weighted by atomic mass is 35.5. The summed E-state index contributed by atoms with van der Waals surface area (Å²) >= 11 is 5.63. The van der Waals surface area contributed by atoms with Crippen molar-refractivity contribution in [3.05, 3.63) is 34.6 Å². The zero-order chi connectivity index (χ0) is 14.0. The largest absolute Gasteiger partial charge is 0.334 e. The zero-order valence-corrected chi connectivity index (χ0v) is 12.9. The Balaban J connectivity index is 0.00000200. The molecule has 0 aromatic heterocycles. The number of piperidine rings is 1. The number of hydrogen-bond donors (Lipinski definition) is 1. The summed E-state index contributed by atoms with van der Waals surface area (Å²) in [6.07, 6.45) is 2.94. The van der Waals surface area contributed by atoms with Gasteiger partial charge in [-0.05, 0) is 44.4 Å². The SMILES string of the molecule is CC(N)C1CCCCN1C(=O)c1ccc(Cl)c(F)c1.Cl. The third kappa shape index (κ3) is 3.62. The molecule has 1 aromatic carbocycles. The predicted octanol–water partition coefficient (Wildman–Crippen LogP) is 3.24. The van der Waals surface area contributed by atoms with Crippen LogP contribution in [-0.4, -0.2) is 29.4 Å². The molecule has 0 saturated carbocycles. The molecule has 1 saturated heterocycles. The van der Waals surface area contributed by atoms with Gasteiger partial charge in [0.1, 0.15) is 5.82 Å². The molecule has 0 radical (unpaired) electrons. The Morgan fingerprint density at radius 3 is 2.80 bits per heavy atom. The fourth-order valence-electron chi connectivity index (χ4n) is 2.55. The number of nitrogens with zero attached hydrogens (tertiary/aromatic N) is 1. The molecule has 1 fully saturated rings. The molecule has 1 amide bonds. The quantitative estimate of drug-likeness (QED) is 0.909. The van der Waals surface area contributed by atoms with Crippen molar-refractivity contribution in [2.75, 3.05) is 6.54 Å². The van der Waals surface area contributed by atoms with Crippen molar-refractivity contribution in [1.82, 2.24) is 4.90 Å². The molecule has 0 bridgehead atoms. The summed E-state index contributed by atoms with van der Waals surface area (Å²) < 4.78 is 13.4. The maximum atomic E-state index is 13.4. The van der Waals surface area contributed by atoms with Crippen LogP contribution in [0.25, 0.3) is 0 Å². The number of carbonyl (C=O) groups is 1. The van der Waals surface area contributed by atoms with Crippen LogP contribution in [0.15, 0.2) is 18.2 Å². The van der Waals surface area contributed by atoms with E-state index in [9.17, 15) is 9.18 Å². The van der Waals surface area contributed by atoms with E-state index in [1.54, 1.807) is 11.0 Å². The highest BCUT2D eigenvalue weighted by Crippen LogP contribution is 2.23. The minimum absolute atomic E-state index is 0. The topological polar surface area (TPSA) is 46.3 Å². The van der Waals surface area contributed by atoms with Crippen LogP contribution in [0.2, 0.25) is 5.02 Å². The number of amides is 1.